The van der Waals surface area contributed by atoms with E-state index in [1.54, 1.807) is 18.4 Å². The topological polar surface area (TPSA) is 36.1 Å². The highest BCUT2D eigenvalue weighted by Gasteiger charge is 2.17. The zero-order valence-electron chi connectivity index (χ0n) is 18.4. The van der Waals surface area contributed by atoms with Crippen LogP contribution in [0.1, 0.15) is 42.1 Å². The molecule has 0 aliphatic heterocycles. The highest BCUT2D eigenvalue weighted by Crippen LogP contribution is 2.34. The molecule has 1 atom stereocenters. The Morgan fingerprint density at radius 1 is 1.16 bits per heavy atom. The molecule has 0 saturated heterocycles. The summed E-state index contributed by atoms with van der Waals surface area (Å²) in [5.74, 6) is 4.26. The number of hydrogen-bond donors (Lipinski definition) is 1. The second-order valence-corrected chi connectivity index (χ2v) is 11.5. The maximum atomic E-state index is 13.5. The number of nitrogens with one attached hydrogen (secondary N) is 1. The van der Waals surface area contributed by atoms with Crippen LogP contribution < -0.4 is 0 Å². The largest absolute Gasteiger partial charge is 0.357 e. The smallest absolute Gasteiger partial charge is 0.123 e. The molecule has 1 aliphatic rings. The molecular weight excluding hydrogens is 407 g/mol. The predicted molar refractivity (Wildman–Crippen MR) is 132 cm³/mol. The lowest BCUT2D eigenvalue weighted by Crippen LogP contribution is -2.26. The van der Waals surface area contributed by atoms with Gasteiger partial charge in [-0.15, -0.1) is 0 Å². The second kappa shape index (κ2) is 9.01. The Morgan fingerprint density at radius 3 is 2.77 bits per heavy atom. The van der Waals surface area contributed by atoms with Gasteiger partial charge < -0.3 is 4.98 Å². The molecule has 1 N–H and O–H groups in total. The molecule has 1 aromatic heterocycles. The third-order valence-corrected chi connectivity index (χ3v) is 7.01. The molecule has 1 unspecified atom stereocenters. The van der Waals surface area contributed by atoms with Crippen LogP contribution in [-0.2, 0) is 22.5 Å². The lowest BCUT2D eigenvalue weighted by molar-refractivity contribution is 0.264. The summed E-state index contributed by atoms with van der Waals surface area (Å²) in [6.45, 7) is 4.98. The molecule has 31 heavy (non-hydrogen) atoms. The Hall–Kier alpha value is -2.37. The number of hydrogen-bond acceptors (Lipinski definition) is 2. The van der Waals surface area contributed by atoms with E-state index in [4.69, 9.17) is 0 Å². The van der Waals surface area contributed by atoms with Crippen LogP contribution >= 0.6 is 0 Å². The minimum Gasteiger partial charge on any atom is -0.357 e. The summed E-state index contributed by atoms with van der Waals surface area (Å²) in [4.78, 5) is 5.97. The van der Waals surface area contributed by atoms with Crippen molar-refractivity contribution >= 4 is 31.9 Å². The molecule has 4 rings (SSSR count). The number of rotatable bonds is 9. The van der Waals surface area contributed by atoms with E-state index in [2.05, 4.69) is 53.0 Å². The van der Waals surface area contributed by atoms with E-state index in [-0.39, 0.29) is 5.82 Å². The molecule has 164 valence electrons. The monoisotopic (exact) mass is 438 g/mol. The van der Waals surface area contributed by atoms with E-state index >= 15 is 0 Å². The van der Waals surface area contributed by atoms with Crippen molar-refractivity contribution in [1.29, 1.82) is 0 Å². The number of nitrogens with zero attached hydrogens (tertiary/aromatic N) is 1. The zero-order valence-corrected chi connectivity index (χ0v) is 19.2. The number of fused-ring (bicyclic) bond motifs is 2. The van der Waals surface area contributed by atoms with Gasteiger partial charge in [-0.25, -0.2) is 4.39 Å². The molecule has 0 saturated carbocycles. The molecule has 0 radical (unpaired) electrons. The summed E-state index contributed by atoms with van der Waals surface area (Å²) in [5.41, 5.74) is 6.85. The molecule has 5 heteroatoms. The summed E-state index contributed by atoms with van der Waals surface area (Å²) in [7, 11) is -1.93. The SMILES string of the molecule is C=S(C)(=O)CCCN(CCC)Cc1cc2cc(C3=CCc4cc(F)ccc43)ccc2[nH]1. The fraction of sp³-hybridized carbons (Fsp3) is 0.346. The van der Waals surface area contributed by atoms with E-state index in [9.17, 15) is 8.60 Å². The molecule has 2 aromatic carbocycles. The molecule has 0 bridgehead atoms. The van der Waals surface area contributed by atoms with Gasteiger partial charge in [-0.05, 0) is 100 Å². The Labute approximate surface area is 185 Å². The average Bonchev–Trinajstić information content (AvgIpc) is 3.29. The third-order valence-electron chi connectivity index (χ3n) is 5.86. The second-order valence-electron chi connectivity index (χ2n) is 8.74. The maximum Gasteiger partial charge on any atom is 0.123 e. The normalized spacial score (nSPS) is 15.3. The van der Waals surface area contributed by atoms with Gasteiger partial charge in [-0.3, -0.25) is 9.11 Å². The standard InChI is InChI=1S/C26H31FN2OS/c1-4-12-29(13-5-14-31(2,3)30)18-23-17-21-15-19(7-11-26(21)28-23)24-9-6-20-16-22(27)8-10-25(20)24/h7-11,15-17,28H,2,4-6,12-14,18H2,1,3H3. The molecule has 1 aliphatic carbocycles. The van der Waals surface area contributed by atoms with E-state index < -0.39 is 9.52 Å². The average molecular weight is 439 g/mol. The predicted octanol–water partition coefficient (Wildman–Crippen LogP) is 5.24. The van der Waals surface area contributed by atoms with Crippen molar-refractivity contribution in [2.75, 3.05) is 25.1 Å². The van der Waals surface area contributed by atoms with Crippen molar-refractivity contribution in [3.63, 3.8) is 0 Å². The Bertz CT molecular complexity index is 1220. The lowest BCUT2D eigenvalue weighted by Gasteiger charge is -2.21. The Morgan fingerprint density at radius 2 is 2.00 bits per heavy atom. The van der Waals surface area contributed by atoms with Gasteiger partial charge in [0.1, 0.15) is 5.82 Å². The van der Waals surface area contributed by atoms with Crippen molar-refractivity contribution in [2.45, 2.75) is 32.7 Å². The lowest BCUT2D eigenvalue weighted by atomic mass is 9.98. The summed E-state index contributed by atoms with van der Waals surface area (Å²) in [5, 5.41) is 1.19. The molecule has 3 nitrogen and oxygen atoms in total. The first-order chi connectivity index (χ1) is 14.8. The molecular formula is C26H31FN2OS. The van der Waals surface area contributed by atoms with Gasteiger partial charge >= 0.3 is 0 Å². The number of aromatic nitrogens is 1. The van der Waals surface area contributed by atoms with Crippen molar-refractivity contribution in [3.8, 4) is 0 Å². The fourth-order valence-electron chi connectivity index (χ4n) is 4.46. The summed E-state index contributed by atoms with van der Waals surface area (Å²) >= 11 is 0. The maximum absolute atomic E-state index is 13.5. The highest BCUT2D eigenvalue weighted by atomic mass is 32.2. The van der Waals surface area contributed by atoms with Gasteiger partial charge in [0.05, 0.1) is 0 Å². The van der Waals surface area contributed by atoms with Gasteiger partial charge in [-0.2, -0.15) is 0 Å². The van der Waals surface area contributed by atoms with E-state index in [1.165, 1.54) is 22.2 Å². The van der Waals surface area contributed by atoms with E-state index in [0.717, 1.165) is 55.5 Å². The molecule has 3 aromatic rings. The van der Waals surface area contributed by atoms with Gasteiger partial charge in [0, 0.05) is 35.2 Å². The molecule has 0 spiro atoms. The first-order valence-corrected chi connectivity index (χ1v) is 13.3. The highest BCUT2D eigenvalue weighted by molar-refractivity contribution is 7.99. The molecule has 1 heterocycles. The summed E-state index contributed by atoms with van der Waals surface area (Å²) < 4.78 is 25.4. The van der Waals surface area contributed by atoms with Gasteiger partial charge in [0.15, 0.2) is 0 Å². The van der Waals surface area contributed by atoms with Crippen molar-refractivity contribution in [1.82, 2.24) is 9.88 Å². The van der Waals surface area contributed by atoms with Crippen molar-refractivity contribution in [2.24, 2.45) is 0 Å². The number of allylic oxidation sites excluding steroid dienone is 1. The van der Waals surface area contributed by atoms with Crippen molar-refractivity contribution in [3.05, 3.63) is 76.7 Å². The van der Waals surface area contributed by atoms with Gasteiger partial charge in [-0.1, -0.05) is 25.1 Å². The number of halogens is 1. The van der Waals surface area contributed by atoms with Crippen LogP contribution in [0.3, 0.4) is 0 Å². The minimum atomic E-state index is -1.93. The quantitative estimate of drug-likeness (QED) is 0.464. The first-order valence-electron chi connectivity index (χ1n) is 11.0. The number of benzene rings is 2. The van der Waals surface area contributed by atoms with Crippen LogP contribution in [0.2, 0.25) is 0 Å². The van der Waals surface area contributed by atoms with Crippen molar-refractivity contribution < 1.29 is 8.60 Å². The third kappa shape index (κ3) is 5.28. The van der Waals surface area contributed by atoms with Crippen LogP contribution in [0.15, 0.2) is 48.5 Å². The minimum absolute atomic E-state index is 0.174. The van der Waals surface area contributed by atoms with Crippen LogP contribution in [0.25, 0.3) is 16.5 Å². The zero-order chi connectivity index (χ0) is 22.0. The first kappa shape index (κ1) is 21.8. The molecule has 0 fully saturated rings. The van der Waals surface area contributed by atoms with Gasteiger partial charge in [0.2, 0.25) is 0 Å². The van der Waals surface area contributed by atoms with E-state index in [1.807, 2.05) is 6.07 Å². The Balaban J connectivity index is 1.51. The summed E-state index contributed by atoms with van der Waals surface area (Å²) in [6.07, 6.45) is 6.70. The molecule has 0 amide bonds. The summed E-state index contributed by atoms with van der Waals surface area (Å²) in [6, 6.07) is 13.8. The number of H-pyrrole nitrogens is 1. The number of aromatic amines is 1. The fourth-order valence-corrected chi connectivity index (χ4v) is 5.19. The van der Waals surface area contributed by atoms with E-state index in [0.29, 0.717) is 5.75 Å². The van der Waals surface area contributed by atoms with Crippen LogP contribution in [0.5, 0.6) is 0 Å². The van der Waals surface area contributed by atoms with Crippen LogP contribution in [0.4, 0.5) is 4.39 Å². The Kier molecular flexibility index (Phi) is 6.35. The van der Waals surface area contributed by atoms with Crippen LogP contribution in [0, 0.1) is 5.82 Å². The van der Waals surface area contributed by atoms with Gasteiger partial charge in [0.25, 0.3) is 0 Å². The van der Waals surface area contributed by atoms with Crippen LogP contribution in [-0.4, -0.2) is 45.1 Å².